The molecule has 15 heteroatoms. The van der Waals surface area contributed by atoms with Crippen molar-refractivity contribution in [3.63, 3.8) is 0 Å². The van der Waals surface area contributed by atoms with Gasteiger partial charge in [0.2, 0.25) is 23.6 Å². The van der Waals surface area contributed by atoms with E-state index in [1.165, 1.54) is 12.7 Å². The van der Waals surface area contributed by atoms with E-state index in [-0.39, 0.29) is 42.0 Å². The molecular weight excluding hydrogens is 881 g/mol. The summed E-state index contributed by atoms with van der Waals surface area (Å²) in [6.45, 7) is 14.7. The number of benzene rings is 3. The first kappa shape index (κ1) is 52.0. The standard InChI is InChI=1S/C53H72N6O8S/c1-51(2,3)44(54)49(64)59-30-36(29-42(59)47(62)56-40-23-15-19-35-17-11-13-21-38(35)40)33-26-24-32(25-27-33)28-41(46(61)55-39-22-14-18-34-16-10-12-20-37(34)39)57-48(63)45(58-50(65)67-52(4,5)6)53(7,8)68-31-43(60)66-9/h10-13,16-17,20-21,24-27,36,39-42,44-45H,14-15,18-19,22-23,28-31,54H2,1-9H3,(H,55,61)(H,56,62)(H,57,63)(H,58,65)/t36?,39?,40-,41?,42+,44-,45?/m1/s1. The lowest BCUT2D eigenvalue weighted by Crippen LogP contribution is -2.60. The van der Waals surface area contributed by atoms with Gasteiger partial charge in [0.25, 0.3) is 0 Å². The molecule has 2 aliphatic carbocycles. The van der Waals surface area contributed by atoms with Crippen molar-refractivity contribution in [2.24, 2.45) is 11.1 Å². The number of ether oxygens (including phenoxy) is 2. The molecule has 4 unspecified atom stereocenters. The number of hydrogen-bond acceptors (Lipinski definition) is 10. The number of carbonyl (C=O) groups is 6. The van der Waals surface area contributed by atoms with Crippen molar-refractivity contribution in [2.45, 2.75) is 159 Å². The van der Waals surface area contributed by atoms with Crippen LogP contribution in [0.5, 0.6) is 0 Å². The first-order valence-electron chi connectivity index (χ1n) is 24.0. The van der Waals surface area contributed by atoms with Crippen LogP contribution < -0.4 is 27.0 Å². The summed E-state index contributed by atoms with van der Waals surface area (Å²) in [7, 11) is 1.28. The number of nitrogens with two attached hydrogens (primary N) is 1. The van der Waals surface area contributed by atoms with E-state index in [1.54, 1.807) is 39.5 Å². The van der Waals surface area contributed by atoms with Crippen molar-refractivity contribution < 1.29 is 38.2 Å². The fourth-order valence-electron chi connectivity index (χ4n) is 9.46. The third-order valence-electron chi connectivity index (χ3n) is 13.4. The molecule has 0 spiro atoms. The minimum atomic E-state index is -1.24. The summed E-state index contributed by atoms with van der Waals surface area (Å²) in [6, 6.07) is 19.7. The van der Waals surface area contributed by atoms with Gasteiger partial charge in [-0.25, -0.2) is 4.79 Å². The second-order valence-corrected chi connectivity index (χ2v) is 22.8. The van der Waals surface area contributed by atoms with E-state index in [0.29, 0.717) is 13.0 Å². The van der Waals surface area contributed by atoms with Crippen LogP contribution in [0.15, 0.2) is 72.8 Å². The molecule has 1 aliphatic heterocycles. The Kier molecular flexibility index (Phi) is 16.7. The van der Waals surface area contributed by atoms with Crippen LogP contribution in [0, 0.1) is 5.41 Å². The third kappa shape index (κ3) is 13.2. The molecule has 14 nitrogen and oxygen atoms in total. The number of nitrogens with one attached hydrogen (secondary N) is 4. The maximum Gasteiger partial charge on any atom is 0.408 e. The van der Waals surface area contributed by atoms with E-state index in [9.17, 15) is 28.8 Å². The Labute approximate surface area is 406 Å². The fraction of sp³-hybridized carbons (Fsp3) is 0.547. The molecule has 3 aliphatic rings. The van der Waals surface area contributed by atoms with Crippen LogP contribution in [0.2, 0.25) is 0 Å². The van der Waals surface area contributed by atoms with Gasteiger partial charge in [-0.1, -0.05) is 93.6 Å². The van der Waals surface area contributed by atoms with Crippen LogP contribution in [0.25, 0.3) is 0 Å². The highest BCUT2D eigenvalue weighted by molar-refractivity contribution is 8.01. The van der Waals surface area contributed by atoms with Gasteiger partial charge in [0, 0.05) is 23.6 Å². The second-order valence-electron chi connectivity index (χ2n) is 21.1. The Hall–Kier alpha value is -5.41. The Balaban J connectivity index is 1.26. The van der Waals surface area contributed by atoms with Crippen LogP contribution in [0.4, 0.5) is 4.79 Å². The molecule has 1 saturated heterocycles. The van der Waals surface area contributed by atoms with Crippen molar-refractivity contribution in [1.82, 2.24) is 26.2 Å². The van der Waals surface area contributed by atoms with Crippen molar-refractivity contribution in [2.75, 3.05) is 19.4 Å². The number of fused-ring (bicyclic) bond motifs is 2. The number of alkyl carbamates (subject to hydrolysis) is 1. The van der Waals surface area contributed by atoms with Gasteiger partial charge in [-0.3, -0.25) is 24.0 Å². The van der Waals surface area contributed by atoms with Crippen LogP contribution in [-0.2, 0) is 52.7 Å². The smallest absolute Gasteiger partial charge is 0.408 e. The van der Waals surface area contributed by atoms with E-state index in [0.717, 1.165) is 78.1 Å². The zero-order chi connectivity index (χ0) is 49.6. The van der Waals surface area contributed by atoms with Gasteiger partial charge in [0.15, 0.2) is 0 Å². The molecule has 6 rings (SSSR count). The highest BCUT2D eigenvalue weighted by Crippen LogP contribution is 2.37. The van der Waals surface area contributed by atoms with Crippen LogP contribution in [0.3, 0.4) is 0 Å². The quantitative estimate of drug-likeness (QED) is 0.102. The first-order chi connectivity index (χ1) is 32.0. The van der Waals surface area contributed by atoms with Crippen molar-refractivity contribution in [1.29, 1.82) is 0 Å². The summed E-state index contributed by atoms with van der Waals surface area (Å²) >= 11 is 1.13. The average molecular weight is 953 g/mol. The molecule has 0 bridgehead atoms. The maximum atomic E-state index is 14.5. The second kappa shape index (κ2) is 21.9. The summed E-state index contributed by atoms with van der Waals surface area (Å²) in [4.78, 5) is 84.6. The summed E-state index contributed by atoms with van der Waals surface area (Å²) in [6.07, 6.45) is 4.93. The monoisotopic (exact) mass is 953 g/mol. The maximum absolute atomic E-state index is 14.5. The lowest BCUT2D eigenvalue weighted by Gasteiger charge is -2.35. The van der Waals surface area contributed by atoms with E-state index in [4.69, 9.17) is 15.2 Å². The predicted molar refractivity (Wildman–Crippen MR) is 265 cm³/mol. The molecule has 7 atom stereocenters. The molecule has 3 aromatic rings. The van der Waals surface area contributed by atoms with Gasteiger partial charge in [-0.2, -0.15) is 0 Å². The molecule has 368 valence electrons. The summed E-state index contributed by atoms with van der Waals surface area (Å²) in [5.74, 6) is -2.25. The van der Waals surface area contributed by atoms with Gasteiger partial charge in [-0.05, 0) is 118 Å². The average Bonchev–Trinajstić information content (AvgIpc) is 3.75. The van der Waals surface area contributed by atoms with Gasteiger partial charge in [0.1, 0.15) is 23.7 Å². The first-order valence-corrected chi connectivity index (χ1v) is 24.9. The lowest BCUT2D eigenvalue weighted by molar-refractivity contribution is -0.141. The van der Waals surface area contributed by atoms with Gasteiger partial charge < -0.3 is 41.4 Å². The van der Waals surface area contributed by atoms with E-state index in [2.05, 4.69) is 39.5 Å². The molecule has 3 aromatic carbocycles. The minimum Gasteiger partial charge on any atom is -0.468 e. The topological polar surface area (TPSA) is 198 Å². The molecule has 0 saturated carbocycles. The van der Waals surface area contributed by atoms with Gasteiger partial charge in [-0.15, -0.1) is 11.8 Å². The van der Waals surface area contributed by atoms with Crippen LogP contribution >= 0.6 is 11.8 Å². The summed E-state index contributed by atoms with van der Waals surface area (Å²) in [5.41, 5.74) is 11.4. The molecule has 6 N–H and O–H groups in total. The summed E-state index contributed by atoms with van der Waals surface area (Å²) < 4.78 is 9.34. The largest absolute Gasteiger partial charge is 0.468 e. The molecule has 1 fully saturated rings. The number of amides is 5. The van der Waals surface area contributed by atoms with Crippen molar-refractivity contribution >= 4 is 47.5 Å². The predicted octanol–water partition coefficient (Wildman–Crippen LogP) is 6.74. The van der Waals surface area contributed by atoms with E-state index < -0.39 is 63.8 Å². The normalized spacial score (nSPS) is 20.6. The number of hydrogen-bond donors (Lipinski definition) is 5. The molecule has 1 heterocycles. The molecule has 0 aromatic heterocycles. The highest BCUT2D eigenvalue weighted by atomic mass is 32.2. The Morgan fingerprint density at radius 3 is 1.90 bits per heavy atom. The SMILES string of the molecule is COC(=O)CSC(C)(C)C(NC(=O)OC(C)(C)C)C(=O)NC(Cc1ccc(C2C[C@@H](C(=O)N[C@@H]3CCCc4ccccc43)N(C(=O)[C@@H](N)C(C)(C)C)C2)cc1)C(=O)NC1CCCc2ccccc21. The zero-order valence-corrected chi connectivity index (χ0v) is 42.1. The van der Waals surface area contributed by atoms with E-state index in [1.807, 2.05) is 75.4 Å². The molecule has 5 amide bonds. The van der Waals surface area contributed by atoms with Crippen LogP contribution in [-0.4, -0.2) is 94.5 Å². The molecule has 0 radical (unpaired) electrons. The van der Waals surface area contributed by atoms with Crippen molar-refractivity contribution in [3.05, 3.63) is 106 Å². The van der Waals surface area contributed by atoms with Crippen LogP contribution in [0.1, 0.15) is 139 Å². The number of esters is 1. The Bertz CT molecular complexity index is 2310. The highest BCUT2D eigenvalue weighted by Gasteiger charge is 2.45. The number of thioether (sulfide) groups is 1. The fourth-order valence-corrected chi connectivity index (χ4v) is 10.4. The number of methoxy groups -OCH3 is 1. The number of rotatable bonds is 15. The third-order valence-corrected chi connectivity index (χ3v) is 14.7. The van der Waals surface area contributed by atoms with Gasteiger partial charge >= 0.3 is 12.1 Å². The molecule has 68 heavy (non-hydrogen) atoms. The van der Waals surface area contributed by atoms with Crippen molar-refractivity contribution in [3.8, 4) is 0 Å². The number of nitrogens with zero attached hydrogens (tertiary/aromatic N) is 1. The Morgan fingerprint density at radius 1 is 0.765 bits per heavy atom. The zero-order valence-electron chi connectivity index (χ0n) is 41.2. The number of carbonyl (C=O) groups excluding carboxylic acids is 6. The van der Waals surface area contributed by atoms with E-state index >= 15 is 0 Å². The summed E-state index contributed by atoms with van der Waals surface area (Å²) in [5, 5.41) is 12.2. The number of likely N-dealkylation sites (tertiary alicyclic amines) is 1. The minimum absolute atomic E-state index is 0.0859. The molecular formula is C53H72N6O8S. The number of aryl methyl sites for hydroxylation is 2. The van der Waals surface area contributed by atoms with Gasteiger partial charge in [0.05, 0.1) is 31.0 Å². The lowest BCUT2D eigenvalue weighted by atomic mass is 9.86. The Morgan fingerprint density at radius 2 is 1.34 bits per heavy atom.